The first kappa shape index (κ1) is 17.4. The lowest BCUT2D eigenvalue weighted by Crippen LogP contribution is -2.24. The van der Waals surface area contributed by atoms with Crippen molar-refractivity contribution in [3.8, 4) is 11.8 Å². The smallest absolute Gasteiger partial charge is 0.261 e. The SMILES string of the molecule is CN1C(=O)c2ccc(C(=O)c3ccc(C#Cc4ccccc4)cc3)cc2C1=O. The van der Waals surface area contributed by atoms with Gasteiger partial charge in [0.2, 0.25) is 0 Å². The predicted molar refractivity (Wildman–Crippen MR) is 105 cm³/mol. The van der Waals surface area contributed by atoms with Crippen molar-refractivity contribution >= 4 is 17.6 Å². The number of hydrogen-bond donors (Lipinski definition) is 0. The van der Waals surface area contributed by atoms with Gasteiger partial charge < -0.3 is 0 Å². The fourth-order valence-corrected chi connectivity index (χ4v) is 3.04. The van der Waals surface area contributed by atoms with E-state index in [0.29, 0.717) is 16.7 Å². The van der Waals surface area contributed by atoms with E-state index in [1.165, 1.54) is 19.2 Å². The molecule has 4 nitrogen and oxygen atoms in total. The first-order chi connectivity index (χ1) is 13.5. The summed E-state index contributed by atoms with van der Waals surface area (Å²) in [6, 6.07) is 21.3. The van der Waals surface area contributed by atoms with Gasteiger partial charge in [0.25, 0.3) is 11.8 Å². The fraction of sp³-hybridized carbons (Fsp3) is 0.0417. The summed E-state index contributed by atoms with van der Waals surface area (Å²) in [7, 11) is 1.43. The summed E-state index contributed by atoms with van der Waals surface area (Å²) in [5, 5.41) is 0. The van der Waals surface area contributed by atoms with Crippen LogP contribution in [0.4, 0.5) is 0 Å². The lowest BCUT2D eigenvalue weighted by Gasteiger charge is -2.03. The molecule has 0 saturated carbocycles. The Morgan fingerprint density at radius 3 is 1.96 bits per heavy atom. The molecule has 134 valence electrons. The van der Waals surface area contributed by atoms with E-state index in [9.17, 15) is 14.4 Å². The molecule has 1 aliphatic heterocycles. The van der Waals surface area contributed by atoms with Gasteiger partial charge in [-0.1, -0.05) is 36.1 Å². The number of amides is 2. The number of hydrogen-bond acceptors (Lipinski definition) is 3. The van der Waals surface area contributed by atoms with E-state index >= 15 is 0 Å². The molecule has 1 aliphatic rings. The molecule has 2 amide bonds. The van der Waals surface area contributed by atoms with Crippen molar-refractivity contribution in [2.24, 2.45) is 0 Å². The number of nitrogens with zero attached hydrogens (tertiary/aromatic N) is 1. The number of ketones is 1. The van der Waals surface area contributed by atoms with Gasteiger partial charge in [-0.2, -0.15) is 0 Å². The normalized spacial score (nSPS) is 12.4. The van der Waals surface area contributed by atoms with Crippen molar-refractivity contribution in [1.82, 2.24) is 4.90 Å². The van der Waals surface area contributed by atoms with E-state index in [4.69, 9.17) is 0 Å². The zero-order valence-electron chi connectivity index (χ0n) is 15.1. The summed E-state index contributed by atoms with van der Waals surface area (Å²) in [6.07, 6.45) is 0. The Balaban J connectivity index is 1.58. The zero-order chi connectivity index (χ0) is 19.7. The Kier molecular flexibility index (Phi) is 4.35. The maximum atomic E-state index is 12.8. The number of imide groups is 1. The minimum Gasteiger partial charge on any atom is -0.289 e. The average Bonchev–Trinajstić information content (AvgIpc) is 2.96. The molecule has 4 heteroatoms. The van der Waals surface area contributed by atoms with Gasteiger partial charge in [-0.05, 0) is 48.5 Å². The maximum absolute atomic E-state index is 12.8. The number of rotatable bonds is 2. The van der Waals surface area contributed by atoms with Gasteiger partial charge in [0.15, 0.2) is 5.78 Å². The second-order valence-corrected chi connectivity index (χ2v) is 6.45. The molecule has 0 spiro atoms. The van der Waals surface area contributed by atoms with Gasteiger partial charge >= 0.3 is 0 Å². The van der Waals surface area contributed by atoms with E-state index in [2.05, 4.69) is 11.8 Å². The molecule has 0 radical (unpaired) electrons. The third-order valence-electron chi connectivity index (χ3n) is 4.62. The monoisotopic (exact) mass is 365 g/mol. The first-order valence-electron chi connectivity index (χ1n) is 8.73. The van der Waals surface area contributed by atoms with E-state index in [1.54, 1.807) is 30.3 Å². The molecule has 0 fully saturated rings. The molecule has 3 aromatic carbocycles. The van der Waals surface area contributed by atoms with Crippen LogP contribution in [0.3, 0.4) is 0 Å². The Bertz CT molecular complexity index is 1170. The Morgan fingerprint density at radius 2 is 1.29 bits per heavy atom. The minimum absolute atomic E-state index is 0.208. The molecule has 0 atom stereocenters. The summed E-state index contributed by atoms with van der Waals surface area (Å²) < 4.78 is 0. The molecule has 0 bridgehead atoms. The Morgan fingerprint density at radius 1 is 0.714 bits per heavy atom. The van der Waals surface area contributed by atoms with Crippen LogP contribution in [-0.2, 0) is 0 Å². The van der Waals surface area contributed by atoms with Crippen LogP contribution in [0.1, 0.15) is 47.8 Å². The molecule has 3 aromatic rings. The second-order valence-electron chi connectivity index (χ2n) is 6.45. The van der Waals surface area contributed by atoms with Crippen molar-refractivity contribution < 1.29 is 14.4 Å². The zero-order valence-corrected chi connectivity index (χ0v) is 15.1. The molecular weight excluding hydrogens is 350 g/mol. The largest absolute Gasteiger partial charge is 0.289 e. The van der Waals surface area contributed by atoms with Crippen LogP contribution in [-0.4, -0.2) is 29.5 Å². The van der Waals surface area contributed by atoms with Crippen LogP contribution in [0.25, 0.3) is 0 Å². The van der Waals surface area contributed by atoms with E-state index in [1.807, 2.05) is 30.3 Å². The highest BCUT2D eigenvalue weighted by Gasteiger charge is 2.33. The summed E-state index contributed by atoms with van der Waals surface area (Å²) in [4.78, 5) is 37.9. The maximum Gasteiger partial charge on any atom is 0.261 e. The van der Waals surface area contributed by atoms with Crippen LogP contribution < -0.4 is 0 Å². The lowest BCUT2D eigenvalue weighted by atomic mass is 9.98. The molecule has 0 aromatic heterocycles. The molecule has 0 saturated heterocycles. The molecular formula is C24H15NO3. The number of benzene rings is 3. The van der Waals surface area contributed by atoms with Crippen LogP contribution in [0, 0.1) is 11.8 Å². The molecule has 1 heterocycles. The van der Waals surface area contributed by atoms with Crippen LogP contribution >= 0.6 is 0 Å². The molecule has 0 unspecified atom stereocenters. The quantitative estimate of drug-likeness (QED) is 0.397. The summed E-state index contributed by atoms with van der Waals surface area (Å²) >= 11 is 0. The first-order valence-corrected chi connectivity index (χ1v) is 8.73. The third kappa shape index (κ3) is 3.10. The lowest BCUT2D eigenvalue weighted by molar-refractivity contribution is 0.0693. The van der Waals surface area contributed by atoms with Crippen molar-refractivity contribution in [2.75, 3.05) is 7.05 Å². The van der Waals surface area contributed by atoms with Crippen molar-refractivity contribution in [2.45, 2.75) is 0 Å². The van der Waals surface area contributed by atoms with Gasteiger partial charge in [0.05, 0.1) is 11.1 Å². The fourth-order valence-electron chi connectivity index (χ4n) is 3.04. The highest BCUT2D eigenvalue weighted by molar-refractivity contribution is 6.22. The molecule has 4 rings (SSSR count). The summed E-state index contributed by atoms with van der Waals surface area (Å²) in [6.45, 7) is 0. The van der Waals surface area contributed by atoms with Crippen LogP contribution in [0.2, 0.25) is 0 Å². The number of carbonyl (C=O) groups excluding carboxylic acids is 3. The highest BCUT2D eigenvalue weighted by Crippen LogP contribution is 2.24. The number of carbonyl (C=O) groups is 3. The summed E-state index contributed by atoms with van der Waals surface area (Å²) in [5.41, 5.74) is 3.19. The standard InChI is InChI=1S/C24H15NO3/c1-25-23(27)20-14-13-19(15-21(20)24(25)28)22(26)18-11-9-17(10-12-18)8-7-16-5-3-2-4-6-16/h2-6,9-15H,1H3. The van der Waals surface area contributed by atoms with Gasteiger partial charge in [-0.15, -0.1) is 0 Å². The number of fused-ring (bicyclic) bond motifs is 1. The van der Waals surface area contributed by atoms with Gasteiger partial charge in [-0.25, -0.2) is 0 Å². The van der Waals surface area contributed by atoms with E-state index in [-0.39, 0.29) is 23.2 Å². The van der Waals surface area contributed by atoms with Gasteiger partial charge in [0, 0.05) is 29.3 Å². The van der Waals surface area contributed by atoms with Crippen molar-refractivity contribution in [3.63, 3.8) is 0 Å². The van der Waals surface area contributed by atoms with Gasteiger partial charge in [0.1, 0.15) is 0 Å². The molecule has 0 aliphatic carbocycles. The van der Waals surface area contributed by atoms with Crippen LogP contribution in [0.5, 0.6) is 0 Å². The van der Waals surface area contributed by atoms with E-state index in [0.717, 1.165) is 16.0 Å². The van der Waals surface area contributed by atoms with Crippen molar-refractivity contribution in [1.29, 1.82) is 0 Å². The van der Waals surface area contributed by atoms with Crippen LogP contribution in [0.15, 0.2) is 72.8 Å². The topological polar surface area (TPSA) is 54.5 Å². The van der Waals surface area contributed by atoms with Gasteiger partial charge in [-0.3, -0.25) is 19.3 Å². The molecule has 0 N–H and O–H groups in total. The molecule has 28 heavy (non-hydrogen) atoms. The highest BCUT2D eigenvalue weighted by atomic mass is 16.2. The van der Waals surface area contributed by atoms with E-state index < -0.39 is 0 Å². The second kappa shape index (κ2) is 6.98. The minimum atomic E-state index is -0.388. The predicted octanol–water partition coefficient (Wildman–Crippen LogP) is 3.54. The van der Waals surface area contributed by atoms with Crippen molar-refractivity contribution in [3.05, 3.63) is 106 Å². The third-order valence-corrected chi connectivity index (χ3v) is 4.62. The summed E-state index contributed by atoms with van der Waals surface area (Å²) in [5.74, 6) is 5.20. The average molecular weight is 365 g/mol. The Labute approximate surface area is 162 Å². The Hall–Kier alpha value is -3.97.